The van der Waals surface area contributed by atoms with Crippen molar-refractivity contribution in [3.8, 4) is 23.0 Å². The molecule has 0 aliphatic rings. The van der Waals surface area contributed by atoms with Gasteiger partial charge in [0.25, 0.3) is 0 Å². The molecule has 0 radical (unpaired) electrons. The Labute approximate surface area is 176 Å². The van der Waals surface area contributed by atoms with Gasteiger partial charge in [0.05, 0.1) is 0 Å². The molecular weight excluding hydrogens is 372 g/mol. The van der Waals surface area contributed by atoms with Crippen LogP contribution in [0.15, 0.2) is 109 Å². The molecule has 0 saturated heterocycles. The fourth-order valence-corrected chi connectivity index (χ4v) is 3.18. The van der Waals surface area contributed by atoms with E-state index in [1.807, 2.05) is 109 Å². The maximum absolute atomic E-state index is 6.44. The van der Waals surface area contributed by atoms with E-state index in [1.54, 1.807) is 0 Å². The van der Waals surface area contributed by atoms with E-state index >= 15 is 0 Å². The second-order valence-electron chi connectivity index (χ2n) is 7.02. The number of benzene rings is 4. The van der Waals surface area contributed by atoms with Crippen LogP contribution in [0.1, 0.15) is 23.2 Å². The maximum atomic E-state index is 6.44. The van der Waals surface area contributed by atoms with Gasteiger partial charge >= 0.3 is 0 Å². The Balaban J connectivity index is 1.40. The van der Waals surface area contributed by atoms with E-state index in [9.17, 15) is 0 Å². The van der Waals surface area contributed by atoms with Crippen molar-refractivity contribution < 1.29 is 9.47 Å². The van der Waals surface area contributed by atoms with Crippen molar-refractivity contribution in [1.82, 2.24) is 0 Å². The second-order valence-corrected chi connectivity index (χ2v) is 7.02. The molecule has 0 aromatic heterocycles. The third kappa shape index (κ3) is 4.87. The first-order chi connectivity index (χ1) is 14.7. The van der Waals surface area contributed by atoms with Crippen LogP contribution in [0, 0.1) is 0 Å². The number of nitrogens with two attached hydrogens (primary N) is 2. The van der Waals surface area contributed by atoms with Gasteiger partial charge in [0.1, 0.15) is 23.0 Å². The minimum absolute atomic E-state index is 0.336. The molecule has 0 aliphatic carbocycles. The average molecular weight is 396 g/mol. The van der Waals surface area contributed by atoms with Crippen molar-refractivity contribution in [2.45, 2.75) is 12.1 Å². The van der Waals surface area contributed by atoms with E-state index in [0.717, 1.165) is 34.1 Å². The average Bonchev–Trinajstić information content (AvgIpc) is 2.80. The zero-order valence-corrected chi connectivity index (χ0v) is 16.5. The van der Waals surface area contributed by atoms with Crippen molar-refractivity contribution in [3.05, 3.63) is 120 Å². The second kappa shape index (κ2) is 9.27. The normalized spacial score (nSPS) is 12.7. The summed E-state index contributed by atoms with van der Waals surface area (Å²) in [6, 6.07) is 34.1. The Bertz CT molecular complexity index is 961. The predicted molar refractivity (Wildman–Crippen MR) is 120 cm³/mol. The Morgan fingerprint density at radius 3 is 1.03 bits per heavy atom. The largest absolute Gasteiger partial charge is 0.457 e. The molecule has 0 fully saturated rings. The van der Waals surface area contributed by atoms with E-state index in [1.165, 1.54) is 0 Å². The molecule has 4 aromatic carbocycles. The molecule has 0 saturated carbocycles. The van der Waals surface area contributed by atoms with Crippen molar-refractivity contribution in [2.75, 3.05) is 0 Å². The van der Waals surface area contributed by atoms with E-state index in [0.29, 0.717) is 0 Å². The smallest absolute Gasteiger partial charge is 0.127 e. The van der Waals surface area contributed by atoms with Crippen molar-refractivity contribution in [2.24, 2.45) is 11.5 Å². The fourth-order valence-electron chi connectivity index (χ4n) is 3.18. The van der Waals surface area contributed by atoms with Crippen LogP contribution in [0.4, 0.5) is 0 Å². The van der Waals surface area contributed by atoms with Crippen LogP contribution in [0.2, 0.25) is 0 Å². The molecule has 2 unspecified atom stereocenters. The Morgan fingerprint density at radius 1 is 0.400 bits per heavy atom. The summed E-state index contributed by atoms with van der Waals surface area (Å²) < 4.78 is 11.7. The van der Waals surface area contributed by atoms with Gasteiger partial charge in [-0.2, -0.15) is 0 Å². The van der Waals surface area contributed by atoms with Gasteiger partial charge in [-0.15, -0.1) is 0 Å². The van der Waals surface area contributed by atoms with Gasteiger partial charge in [-0.05, 0) is 59.7 Å². The van der Waals surface area contributed by atoms with Crippen LogP contribution in [-0.2, 0) is 0 Å². The molecule has 0 spiro atoms. The highest BCUT2D eigenvalue weighted by Crippen LogP contribution is 2.29. The lowest BCUT2D eigenvalue weighted by Gasteiger charge is -2.21. The highest BCUT2D eigenvalue weighted by molar-refractivity contribution is 5.37. The number of hydrogen-bond acceptors (Lipinski definition) is 4. The van der Waals surface area contributed by atoms with E-state index in [2.05, 4.69) is 0 Å². The number of para-hydroxylation sites is 2. The molecule has 30 heavy (non-hydrogen) atoms. The van der Waals surface area contributed by atoms with Crippen molar-refractivity contribution in [3.63, 3.8) is 0 Å². The molecule has 4 N–H and O–H groups in total. The fraction of sp³-hybridized carbons (Fsp3) is 0.0769. The first-order valence-corrected chi connectivity index (χ1v) is 9.86. The lowest BCUT2D eigenvalue weighted by molar-refractivity contribution is 0.480. The number of hydrogen-bond donors (Lipinski definition) is 2. The third-order valence-corrected chi connectivity index (χ3v) is 4.87. The number of ether oxygens (including phenoxy) is 2. The molecule has 0 bridgehead atoms. The first kappa shape index (κ1) is 19.7. The standard InChI is InChI=1S/C26H24N2O2/c27-25(19-11-15-23(16-12-19)29-21-7-3-1-4-8-21)26(28)20-13-17-24(18-14-20)30-22-9-5-2-6-10-22/h1-18,25-26H,27-28H2. The van der Waals surface area contributed by atoms with Gasteiger partial charge in [-0.3, -0.25) is 0 Å². The molecule has 150 valence electrons. The lowest BCUT2D eigenvalue weighted by Crippen LogP contribution is -2.26. The summed E-state index contributed by atoms with van der Waals surface area (Å²) in [7, 11) is 0. The summed E-state index contributed by atoms with van der Waals surface area (Å²) in [5.41, 5.74) is 14.8. The summed E-state index contributed by atoms with van der Waals surface area (Å²) in [5, 5.41) is 0. The molecular formula is C26H24N2O2. The molecule has 4 heteroatoms. The molecule has 2 atom stereocenters. The van der Waals surface area contributed by atoms with E-state index < -0.39 is 0 Å². The van der Waals surface area contributed by atoms with E-state index in [4.69, 9.17) is 20.9 Å². The number of rotatable bonds is 7. The van der Waals surface area contributed by atoms with Crippen LogP contribution in [0.5, 0.6) is 23.0 Å². The molecule has 0 aliphatic heterocycles. The molecule has 4 nitrogen and oxygen atoms in total. The van der Waals surface area contributed by atoms with Crippen LogP contribution in [0.25, 0.3) is 0 Å². The highest BCUT2D eigenvalue weighted by Gasteiger charge is 2.17. The van der Waals surface area contributed by atoms with Crippen LogP contribution in [0.3, 0.4) is 0 Å². The topological polar surface area (TPSA) is 70.5 Å². The summed E-state index contributed by atoms with van der Waals surface area (Å²) >= 11 is 0. The monoisotopic (exact) mass is 396 g/mol. The first-order valence-electron chi connectivity index (χ1n) is 9.86. The summed E-state index contributed by atoms with van der Waals surface area (Å²) in [5.74, 6) is 3.11. The Hall–Kier alpha value is -3.60. The summed E-state index contributed by atoms with van der Waals surface area (Å²) in [6.45, 7) is 0. The van der Waals surface area contributed by atoms with Crippen molar-refractivity contribution in [1.29, 1.82) is 0 Å². The van der Waals surface area contributed by atoms with Gasteiger partial charge in [-0.25, -0.2) is 0 Å². The maximum Gasteiger partial charge on any atom is 0.127 e. The minimum atomic E-state index is -0.336. The molecule has 0 amide bonds. The summed E-state index contributed by atoms with van der Waals surface area (Å²) in [6.07, 6.45) is 0. The molecule has 4 aromatic rings. The quantitative estimate of drug-likeness (QED) is 0.404. The van der Waals surface area contributed by atoms with Gasteiger partial charge < -0.3 is 20.9 Å². The highest BCUT2D eigenvalue weighted by atomic mass is 16.5. The van der Waals surface area contributed by atoms with E-state index in [-0.39, 0.29) is 12.1 Å². The van der Waals surface area contributed by atoms with Crippen LogP contribution >= 0.6 is 0 Å². The van der Waals surface area contributed by atoms with Crippen molar-refractivity contribution >= 4 is 0 Å². The van der Waals surface area contributed by atoms with Gasteiger partial charge in [0.2, 0.25) is 0 Å². The minimum Gasteiger partial charge on any atom is -0.457 e. The molecule has 0 heterocycles. The Kier molecular flexibility index (Phi) is 6.09. The van der Waals surface area contributed by atoms with Gasteiger partial charge in [0.15, 0.2) is 0 Å². The Morgan fingerprint density at radius 2 is 0.700 bits per heavy atom. The summed E-state index contributed by atoms with van der Waals surface area (Å²) in [4.78, 5) is 0. The van der Waals surface area contributed by atoms with Crippen LogP contribution < -0.4 is 20.9 Å². The zero-order chi connectivity index (χ0) is 20.8. The SMILES string of the molecule is NC(c1ccc(Oc2ccccc2)cc1)C(N)c1ccc(Oc2ccccc2)cc1. The predicted octanol–water partition coefficient (Wildman–Crippen LogP) is 5.97. The van der Waals surface area contributed by atoms with Gasteiger partial charge in [0, 0.05) is 12.1 Å². The van der Waals surface area contributed by atoms with Gasteiger partial charge in [-0.1, -0.05) is 60.7 Å². The lowest BCUT2D eigenvalue weighted by atomic mass is 9.95. The molecule has 4 rings (SSSR count). The zero-order valence-electron chi connectivity index (χ0n) is 16.5. The third-order valence-electron chi connectivity index (χ3n) is 4.87. The van der Waals surface area contributed by atoms with Crippen LogP contribution in [-0.4, -0.2) is 0 Å².